The fraction of sp³-hybridized carbons (Fsp3) is 0.0909. The van der Waals surface area contributed by atoms with Crippen molar-refractivity contribution < 1.29 is 26.8 Å². The molecule has 12 heteroatoms. The van der Waals surface area contributed by atoms with Crippen LogP contribution >= 0.6 is 0 Å². The first-order valence-electron chi connectivity index (χ1n) is 9.65. The topological polar surface area (TPSA) is 111 Å². The molecule has 4 aromatic rings. The summed E-state index contributed by atoms with van der Waals surface area (Å²) in [6.07, 6.45) is 2.09. The Balaban J connectivity index is 1.91. The Labute approximate surface area is 191 Å². The molecule has 34 heavy (non-hydrogen) atoms. The third-order valence-electron chi connectivity index (χ3n) is 4.77. The number of sulfone groups is 1. The number of pyridine rings is 1. The van der Waals surface area contributed by atoms with E-state index in [0.717, 1.165) is 23.0 Å². The van der Waals surface area contributed by atoms with Gasteiger partial charge in [-0.05, 0) is 30.3 Å². The van der Waals surface area contributed by atoms with Crippen LogP contribution in [0.4, 0.5) is 20.2 Å². The lowest BCUT2D eigenvalue weighted by Crippen LogP contribution is -2.31. The van der Waals surface area contributed by atoms with Crippen LogP contribution in [0.15, 0.2) is 70.7 Å². The Bertz CT molecular complexity index is 1590. The molecule has 0 aliphatic rings. The van der Waals surface area contributed by atoms with Gasteiger partial charge >= 0.3 is 5.97 Å². The van der Waals surface area contributed by atoms with E-state index in [1.54, 1.807) is 18.2 Å². The molecule has 2 aromatic heterocycles. The molecule has 2 heterocycles. The molecule has 0 unspecified atom stereocenters. The number of benzene rings is 2. The van der Waals surface area contributed by atoms with Gasteiger partial charge < -0.3 is 4.84 Å². The van der Waals surface area contributed by atoms with Crippen molar-refractivity contribution in [3.05, 3.63) is 88.3 Å². The molecule has 0 aliphatic heterocycles. The van der Waals surface area contributed by atoms with E-state index in [9.17, 15) is 26.8 Å². The van der Waals surface area contributed by atoms with Gasteiger partial charge in [-0.1, -0.05) is 18.2 Å². The van der Waals surface area contributed by atoms with Crippen molar-refractivity contribution in [3.63, 3.8) is 0 Å². The number of rotatable bonds is 5. The van der Waals surface area contributed by atoms with Crippen LogP contribution < -0.4 is 10.6 Å². The zero-order valence-electron chi connectivity index (χ0n) is 17.8. The zero-order valence-corrected chi connectivity index (χ0v) is 18.6. The van der Waals surface area contributed by atoms with Crippen LogP contribution in [0.3, 0.4) is 0 Å². The number of halogens is 2. The molecule has 0 saturated carbocycles. The normalized spacial score (nSPS) is 11.4. The monoisotopic (exact) mass is 486 g/mol. The highest BCUT2D eigenvalue weighted by molar-refractivity contribution is 7.90. The van der Waals surface area contributed by atoms with Crippen molar-refractivity contribution in [2.24, 2.45) is 7.05 Å². The van der Waals surface area contributed by atoms with Gasteiger partial charge in [0.2, 0.25) is 15.0 Å². The first-order chi connectivity index (χ1) is 16.1. The lowest BCUT2D eigenvalue weighted by Gasteiger charge is -2.24. The third-order valence-corrected chi connectivity index (χ3v) is 5.63. The summed E-state index contributed by atoms with van der Waals surface area (Å²) in [5, 5.41) is 0.364. The van der Waals surface area contributed by atoms with Gasteiger partial charge in [0, 0.05) is 31.0 Å². The molecule has 0 amide bonds. The van der Waals surface area contributed by atoms with Gasteiger partial charge in [0.25, 0.3) is 5.56 Å². The molecule has 0 fully saturated rings. The second-order valence-corrected chi connectivity index (χ2v) is 9.14. The van der Waals surface area contributed by atoms with E-state index >= 15 is 0 Å². The Morgan fingerprint density at radius 3 is 2.41 bits per heavy atom. The summed E-state index contributed by atoms with van der Waals surface area (Å²) in [7, 11) is -2.44. The van der Waals surface area contributed by atoms with E-state index in [0.29, 0.717) is 11.1 Å². The number of hydrogen-bond donors (Lipinski definition) is 0. The van der Waals surface area contributed by atoms with Crippen LogP contribution in [0.25, 0.3) is 11.0 Å². The molecular weight excluding hydrogens is 470 g/mol. The summed E-state index contributed by atoms with van der Waals surface area (Å²) >= 11 is 0. The zero-order chi connectivity index (χ0) is 24.6. The first kappa shape index (κ1) is 23.0. The molecule has 0 N–H and O–H groups in total. The van der Waals surface area contributed by atoms with E-state index in [4.69, 9.17) is 4.84 Å². The fourth-order valence-electron chi connectivity index (χ4n) is 3.12. The Morgan fingerprint density at radius 2 is 1.76 bits per heavy atom. The van der Waals surface area contributed by atoms with E-state index in [2.05, 4.69) is 9.97 Å². The molecule has 174 valence electrons. The number of fused-ring (bicyclic) bond motifs is 1. The average molecular weight is 486 g/mol. The number of aromatic nitrogens is 3. The highest BCUT2D eigenvalue weighted by Gasteiger charge is 2.25. The van der Waals surface area contributed by atoms with Crippen LogP contribution in [-0.4, -0.2) is 35.2 Å². The number of carbonyl (C=O) groups excluding carboxylic acids is 1. The highest BCUT2D eigenvalue weighted by Crippen LogP contribution is 2.29. The van der Waals surface area contributed by atoms with Gasteiger partial charge in [-0.15, -0.1) is 0 Å². The van der Waals surface area contributed by atoms with E-state index in [1.165, 1.54) is 31.4 Å². The fourth-order valence-corrected chi connectivity index (χ4v) is 3.62. The van der Waals surface area contributed by atoms with E-state index < -0.39 is 43.8 Å². The standard InChI is InChI=1S/C22H16F2N4O5S/c1-27-19-14(12-25-22(26-19)34(2,31)32)10-18(20(27)29)28(17-9-8-15(23)11-16(17)24)33-21(30)13-6-4-3-5-7-13/h3-12H,1-2H3. The molecule has 0 spiro atoms. The van der Waals surface area contributed by atoms with E-state index in [1.807, 2.05) is 0 Å². The van der Waals surface area contributed by atoms with Crippen molar-refractivity contribution in [3.8, 4) is 0 Å². The van der Waals surface area contributed by atoms with Crippen molar-refractivity contribution in [2.75, 3.05) is 11.3 Å². The molecule has 4 rings (SSSR count). The SMILES string of the molecule is Cn1c(=O)c(N(OC(=O)c2ccccc2)c2ccc(F)cc2F)cc2cnc(S(C)(=O)=O)nc21. The largest absolute Gasteiger partial charge is 0.363 e. The molecule has 0 radical (unpaired) electrons. The first-order valence-corrected chi connectivity index (χ1v) is 11.5. The van der Waals surface area contributed by atoms with Gasteiger partial charge in [0.1, 0.15) is 22.8 Å². The second kappa shape index (κ2) is 8.63. The van der Waals surface area contributed by atoms with Crippen LogP contribution in [-0.2, 0) is 21.7 Å². The summed E-state index contributed by atoms with van der Waals surface area (Å²) in [5.74, 6) is -2.87. The summed E-state index contributed by atoms with van der Waals surface area (Å²) < 4.78 is 52.8. The van der Waals surface area contributed by atoms with Gasteiger partial charge in [-0.3, -0.25) is 9.36 Å². The Hall–Kier alpha value is -4.19. The van der Waals surface area contributed by atoms with Crippen molar-refractivity contribution in [1.82, 2.24) is 14.5 Å². The molecule has 0 saturated heterocycles. The molecule has 2 aromatic carbocycles. The number of aryl methyl sites for hydroxylation is 1. The maximum atomic E-state index is 14.7. The summed E-state index contributed by atoms with van der Waals surface area (Å²) in [5.41, 5.74) is -1.42. The number of hydrogen-bond acceptors (Lipinski definition) is 8. The predicted molar refractivity (Wildman–Crippen MR) is 118 cm³/mol. The minimum Gasteiger partial charge on any atom is -0.330 e. The summed E-state index contributed by atoms with van der Waals surface area (Å²) in [4.78, 5) is 39.0. The molecule has 0 aliphatic carbocycles. The summed E-state index contributed by atoms with van der Waals surface area (Å²) in [6.45, 7) is 0. The van der Waals surface area contributed by atoms with Gasteiger partial charge in [-0.2, -0.15) is 10.0 Å². The molecule has 0 bridgehead atoms. The summed E-state index contributed by atoms with van der Waals surface area (Å²) in [6, 6.07) is 11.5. The van der Waals surface area contributed by atoms with Gasteiger partial charge in [0.05, 0.1) is 5.56 Å². The maximum Gasteiger partial charge on any atom is 0.363 e. The Morgan fingerprint density at radius 1 is 1.06 bits per heavy atom. The number of anilines is 2. The van der Waals surface area contributed by atoms with Crippen LogP contribution in [0.5, 0.6) is 0 Å². The second-order valence-electron chi connectivity index (χ2n) is 7.23. The number of carbonyl (C=O) groups is 1. The van der Waals surface area contributed by atoms with Crippen molar-refractivity contribution in [1.29, 1.82) is 0 Å². The quantitative estimate of drug-likeness (QED) is 0.313. The molecule has 9 nitrogen and oxygen atoms in total. The van der Waals surface area contributed by atoms with Gasteiger partial charge in [0.15, 0.2) is 5.82 Å². The average Bonchev–Trinajstić information content (AvgIpc) is 2.80. The number of nitrogens with zero attached hydrogens (tertiary/aromatic N) is 4. The Kier molecular flexibility index (Phi) is 5.83. The lowest BCUT2D eigenvalue weighted by molar-refractivity contribution is 0.0501. The van der Waals surface area contributed by atoms with Crippen molar-refractivity contribution >= 4 is 38.2 Å². The molecule has 0 atom stereocenters. The maximum absolute atomic E-state index is 14.7. The van der Waals surface area contributed by atoms with Gasteiger partial charge in [-0.25, -0.2) is 27.0 Å². The highest BCUT2D eigenvalue weighted by atomic mass is 32.2. The van der Waals surface area contributed by atoms with E-state index in [-0.39, 0.29) is 22.3 Å². The lowest BCUT2D eigenvalue weighted by atomic mass is 10.2. The molecular formula is C22H16F2N4O5S. The van der Waals surface area contributed by atoms with Crippen LogP contribution in [0, 0.1) is 11.6 Å². The van der Waals surface area contributed by atoms with Crippen LogP contribution in [0.1, 0.15) is 10.4 Å². The minimum absolute atomic E-state index is 0.0157. The van der Waals surface area contributed by atoms with Crippen molar-refractivity contribution in [2.45, 2.75) is 5.16 Å². The third kappa shape index (κ3) is 4.35. The predicted octanol–water partition coefficient (Wildman–Crippen LogP) is 2.92. The smallest absolute Gasteiger partial charge is 0.330 e. The van der Waals surface area contributed by atoms with Crippen LogP contribution in [0.2, 0.25) is 0 Å². The minimum atomic E-state index is -3.75.